The van der Waals surface area contributed by atoms with E-state index < -0.39 is 0 Å². The first-order valence-corrected chi connectivity index (χ1v) is 8.17. The first-order valence-electron chi connectivity index (χ1n) is 7.37. The van der Waals surface area contributed by atoms with Crippen molar-refractivity contribution in [3.63, 3.8) is 0 Å². The van der Waals surface area contributed by atoms with Crippen LogP contribution in [0.5, 0.6) is 0 Å². The van der Waals surface area contributed by atoms with Crippen molar-refractivity contribution in [1.82, 2.24) is 15.3 Å². The van der Waals surface area contributed by atoms with E-state index in [9.17, 15) is 4.79 Å². The molecule has 24 heavy (non-hydrogen) atoms. The van der Waals surface area contributed by atoms with Crippen LogP contribution in [0.4, 0.5) is 11.4 Å². The Morgan fingerprint density at radius 1 is 0.958 bits per heavy atom. The second-order valence-electron chi connectivity index (χ2n) is 5.07. The number of anilines is 2. The van der Waals surface area contributed by atoms with Crippen LogP contribution in [0.3, 0.4) is 0 Å². The van der Waals surface area contributed by atoms with Crippen molar-refractivity contribution in [2.75, 3.05) is 5.32 Å². The number of hydrogen-bond acceptors (Lipinski definition) is 4. The van der Waals surface area contributed by atoms with E-state index >= 15 is 0 Å². The molecule has 3 rings (SSSR count). The van der Waals surface area contributed by atoms with Gasteiger partial charge in [0.15, 0.2) is 0 Å². The topological polar surface area (TPSA) is 66.9 Å². The van der Waals surface area contributed by atoms with E-state index in [1.54, 1.807) is 18.5 Å². The summed E-state index contributed by atoms with van der Waals surface area (Å²) in [5.74, 6) is -0.237. The molecule has 0 bridgehead atoms. The molecule has 0 fully saturated rings. The zero-order valence-electron chi connectivity index (χ0n) is 12.7. The molecule has 0 aliphatic heterocycles. The van der Waals surface area contributed by atoms with Gasteiger partial charge in [-0.25, -0.2) is 0 Å². The molecule has 0 radical (unpaired) electrons. The van der Waals surface area contributed by atoms with Gasteiger partial charge in [-0.2, -0.15) is 0 Å². The fourth-order valence-corrected chi connectivity index (χ4v) is 2.53. The van der Waals surface area contributed by atoms with Crippen LogP contribution in [0.1, 0.15) is 16.2 Å². The fraction of sp³-hybridized carbons (Fsp3) is 0.0556. The minimum absolute atomic E-state index is 0.237. The minimum Gasteiger partial charge on any atom is -0.355 e. The number of rotatable bonds is 5. The standard InChI is InChI=1S/C18H15BrN4O/c19-13-4-3-6-14(10-13)23-15-7-9-21-17(11-15)18(24)22-12-16-5-1-2-8-20-16/h1-11H,12H2,(H,21,23)(H,22,24). The van der Waals surface area contributed by atoms with E-state index in [0.717, 1.165) is 21.5 Å². The van der Waals surface area contributed by atoms with Crippen molar-refractivity contribution in [2.45, 2.75) is 6.54 Å². The van der Waals surface area contributed by atoms with Gasteiger partial charge in [0.25, 0.3) is 5.91 Å². The number of carbonyl (C=O) groups excluding carboxylic acids is 1. The number of benzene rings is 1. The first-order chi connectivity index (χ1) is 11.7. The van der Waals surface area contributed by atoms with Crippen molar-refractivity contribution in [3.8, 4) is 0 Å². The van der Waals surface area contributed by atoms with Gasteiger partial charge >= 0.3 is 0 Å². The van der Waals surface area contributed by atoms with E-state index in [1.807, 2.05) is 48.5 Å². The van der Waals surface area contributed by atoms with Gasteiger partial charge in [-0.05, 0) is 42.5 Å². The Balaban J connectivity index is 1.67. The van der Waals surface area contributed by atoms with Crippen molar-refractivity contribution in [1.29, 1.82) is 0 Å². The third-order valence-corrected chi connectivity index (χ3v) is 3.76. The Labute approximate surface area is 148 Å². The molecule has 2 N–H and O–H groups in total. The Kier molecular flexibility index (Phi) is 5.18. The summed E-state index contributed by atoms with van der Waals surface area (Å²) in [6, 6.07) is 16.9. The van der Waals surface area contributed by atoms with E-state index in [-0.39, 0.29) is 5.91 Å². The molecular formula is C18H15BrN4O. The van der Waals surface area contributed by atoms with Crippen LogP contribution < -0.4 is 10.6 Å². The predicted molar refractivity (Wildman–Crippen MR) is 97.1 cm³/mol. The summed E-state index contributed by atoms with van der Waals surface area (Å²) in [5.41, 5.74) is 2.88. The largest absolute Gasteiger partial charge is 0.355 e. The molecular weight excluding hydrogens is 368 g/mol. The molecule has 0 atom stereocenters. The summed E-state index contributed by atoms with van der Waals surface area (Å²) >= 11 is 3.43. The average molecular weight is 383 g/mol. The number of amides is 1. The quantitative estimate of drug-likeness (QED) is 0.701. The number of pyridine rings is 2. The highest BCUT2D eigenvalue weighted by molar-refractivity contribution is 9.10. The van der Waals surface area contributed by atoms with Gasteiger partial charge in [0, 0.05) is 28.2 Å². The van der Waals surface area contributed by atoms with Crippen LogP contribution in [-0.2, 0) is 6.54 Å². The number of aromatic nitrogens is 2. The van der Waals surface area contributed by atoms with Crippen LogP contribution in [0.15, 0.2) is 71.5 Å². The summed E-state index contributed by atoms with van der Waals surface area (Å²) in [7, 11) is 0. The van der Waals surface area contributed by atoms with Crippen molar-refractivity contribution >= 4 is 33.2 Å². The first kappa shape index (κ1) is 16.1. The second-order valence-corrected chi connectivity index (χ2v) is 5.98. The van der Waals surface area contributed by atoms with E-state index in [2.05, 4.69) is 36.5 Å². The molecule has 0 spiro atoms. The van der Waals surface area contributed by atoms with Gasteiger partial charge in [0.1, 0.15) is 5.69 Å². The average Bonchev–Trinajstić information content (AvgIpc) is 2.61. The highest BCUT2D eigenvalue weighted by Gasteiger charge is 2.08. The molecule has 1 amide bonds. The zero-order valence-corrected chi connectivity index (χ0v) is 14.3. The summed E-state index contributed by atoms with van der Waals surface area (Å²) < 4.78 is 0.981. The van der Waals surface area contributed by atoms with E-state index in [1.165, 1.54) is 0 Å². The number of carbonyl (C=O) groups is 1. The van der Waals surface area contributed by atoms with E-state index in [0.29, 0.717) is 12.2 Å². The van der Waals surface area contributed by atoms with Gasteiger partial charge in [-0.15, -0.1) is 0 Å². The normalized spacial score (nSPS) is 10.2. The van der Waals surface area contributed by atoms with Crippen LogP contribution in [0.2, 0.25) is 0 Å². The van der Waals surface area contributed by atoms with Crippen LogP contribution in [-0.4, -0.2) is 15.9 Å². The lowest BCUT2D eigenvalue weighted by atomic mass is 10.2. The van der Waals surface area contributed by atoms with Crippen molar-refractivity contribution in [2.24, 2.45) is 0 Å². The molecule has 120 valence electrons. The highest BCUT2D eigenvalue weighted by Crippen LogP contribution is 2.20. The number of nitrogens with one attached hydrogen (secondary N) is 2. The van der Waals surface area contributed by atoms with Gasteiger partial charge in [0.05, 0.1) is 12.2 Å². The summed E-state index contributed by atoms with van der Waals surface area (Å²) in [5, 5.41) is 6.07. The third kappa shape index (κ3) is 4.39. The lowest BCUT2D eigenvalue weighted by molar-refractivity contribution is 0.0945. The molecule has 0 aliphatic rings. The van der Waals surface area contributed by atoms with Crippen molar-refractivity contribution in [3.05, 3.63) is 82.9 Å². The number of nitrogens with zero attached hydrogens (tertiary/aromatic N) is 2. The Morgan fingerprint density at radius 3 is 2.62 bits per heavy atom. The summed E-state index contributed by atoms with van der Waals surface area (Å²) in [6.45, 7) is 0.366. The predicted octanol–water partition coefficient (Wildman–Crippen LogP) is 3.91. The van der Waals surface area contributed by atoms with Gasteiger partial charge in [0.2, 0.25) is 0 Å². The molecule has 1 aromatic carbocycles. The minimum atomic E-state index is -0.237. The number of halogens is 1. The van der Waals surface area contributed by atoms with Crippen molar-refractivity contribution < 1.29 is 4.79 Å². The molecule has 6 heteroatoms. The highest BCUT2D eigenvalue weighted by atomic mass is 79.9. The Morgan fingerprint density at radius 2 is 1.83 bits per heavy atom. The zero-order chi connectivity index (χ0) is 16.8. The lowest BCUT2D eigenvalue weighted by Gasteiger charge is -2.09. The Bertz CT molecular complexity index is 839. The second kappa shape index (κ2) is 7.70. The van der Waals surface area contributed by atoms with E-state index in [4.69, 9.17) is 0 Å². The van der Waals surface area contributed by atoms with Crippen LogP contribution >= 0.6 is 15.9 Å². The van der Waals surface area contributed by atoms with Crippen LogP contribution in [0, 0.1) is 0 Å². The van der Waals surface area contributed by atoms with Gasteiger partial charge < -0.3 is 10.6 Å². The molecule has 2 aromatic heterocycles. The smallest absolute Gasteiger partial charge is 0.270 e. The van der Waals surface area contributed by atoms with Gasteiger partial charge in [-0.1, -0.05) is 28.1 Å². The molecule has 3 aromatic rings. The molecule has 0 saturated heterocycles. The molecule has 5 nitrogen and oxygen atoms in total. The fourth-order valence-electron chi connectivity index (χ4n) is 2.13. The SMILES string of the molecule is O=C(NCc1ccccn1)c1cc(Nc2cccc(Br)c2)ccn1. The lowest BCUT2D eigenvalue weighted by Crippen LogP contribution is -2.24. The molecule has 0 saturated carbocycles. The molecule has 2 heterocycles. The molecule has 0 aliphatic carbocycles. The maximum Gasteiger partial charge on any atom is 0.270 e. The maximum atomic E-state index is 12.2. The Hall–Kier alpha value is -2.73. The maximum absolute atomic E-state index is 12.2. The molecule has 0 unspecified atom stereocenters. The summed E-state index contributed by atoms with van der Waals surface area (Å²) in [4.78, 5) is 20.5. The number of hydrogen-bond donors (Lipinski definition) is 2. The third-order valence-electron chi connectivity index (χ3n) is 3.26. The van der Waals surface area contributed by atoms with Crippen LogP contribution in [0.25, 0.3) is 0 Å². The monoisotopic (exact) mass is 382 g/mol. The summed E-state index contributed by atoms with van der Waals surface area (Å²) in [6.07, 6.45) is 3.30. The van der Waals surface area contributed by atoms with Gasteiger partial charge in [-0.3, -0.25) is 14.8 Å².